The first-order valence-electron chi connectivity index (χ1n) is 8.75. The maximum Gasteiger partial charge on any atom is 0.335 e. The molecule has 0 aliphatic carbocycles. The lowest BCUT2D eigenvalue weighted by molar-refractivity contribution is -0.123. The van der Waals surface area contributed by atoms with E-state index < -0.39 is 9.84 Å². The van der Waals surface area contributed by atoms with Crippen LogP contribution in [0.5, 0.6) is 0 Å². The Labute approximate surface area is 154 Å². The van der Waals surface area contributed by atoms with E-state index in [-0.39, 0.29) is 22.8 Å². The van der Waals surface area contributed by atoms with Crippen molar-refractivity contribution in [3.8, 4) is 0 Å². The molecule has 0 saturated carbocycles. The topological polar surface area (TPSA) is 102 Å². The molecule has 26 heavy (non-hydrogen) atoms. The van der Waals surface area contributed by atoms with Crippen LogP contribution in [0.15, 0.2) is 40.0 Å². The summed E-state index contributed by atoms with van der Waals surface area (Å²) < 4.78 is 29.9. The second-order valence-corrected chi connectivity index (χ2v) is 8.33. The average molecular weight is 379 g/mol. The first-order chi connectivity index (χ1) is 12.4. The predicted molar refractivity (Wildman–Crippen MR) is 97.0 cm³/mol. The van der Waals surface area contributed by atoms with Crippen molar-refractivity contribution in [3.63, 3.8) is 0 Å². The molecule has 1 heterocycles. The fraction of sp³-hybridized carbons (Fsp3) is 0.500. The molecule has 142 valence electrons. The Balaban J connectivity index is 1.76. The van der Waals surface area contributed by atoms with E-state index in [1.807, 2.05) is 19.9 Å². The standard InChI is InChI=1S/C18H25N3O4S/c1-14(2)17(22)19-12-8-4-7-11-16-20-21-18(25-16)26(23,24)13-15-9-5-3-6-10-15/h3,5-6,9-10,14H,4,7-8,11-13H2,1-2H3,(H,19,22). The summed E-state index contributed by atoms with van der Waals surface area (Å²) in [6.45, 7) is 4.35. The van der Waals surface area contributed by atoms with Gasteiger partial charge in [0.2, 0.25) is 21.6 Å². The molecule has 8 heteroatoms. The van der Waals surface area contributed by atoms with E-state index in [1.54, 1.807) is 24.3 Å². The van der Waals surface area contributed by atoms with Gasteiger partial charge in [-0.15, -0.1) is 5.10 Å². The van der Waals surface area contributed by atoms with Gasteiger partial charge in [-0.3, -0.25) is 4.79 Å². The third-order valence-corrected chi connectivity index (χ3v) is 5.22. The van der Waals surface area contributed by atoms with E-state index in [4.69, 9.17) is 4.42 Å². The molecule has 1 amide bonds. The van der Waals surface area contributed by atoms with Gasteiger partial charge in [0.15, 0.2) is 0 Å². The zero-order chi connectivity index (χ0) is 19.0. The number of sulfone groups is 1. The summed E-state index contributed by atoms with van der Waals surface area (Å²) in [6, 6.07) is 8.89. The first kappa shape index (κ1) is 20.1. The fourth-order valence-electron chi connectivity index (χ4n) is 2.31. The summed E-state index contributed by atoms with van der Waals surface area (Å²) in [6.07, 6.45) is 3.04. The Morgan fingerprint density at radius 2 is 1.85 bits per heavy atom. The van der Waals surface area contributed by atoms with Crippen LogP contribution in [0.1, 0.15) is 44.6 Å². The number of hydrogen-bond acceptors (Lipinski definition) is 6. The van der Waals surface area contributed by atoms with Crippen LogP contribution in [0.2, 0.25) is 0 Å². The molecule has 0 aliphatic heterocycles. The Morgan fingerprint density at radius 1 is 1.12 bits per heavy atom. The highest BCUT2D eigenvalue weighted by Gasteiger charge is 2.22. The number of hydrogen-bond donors (Lipinski definition) is 1. The second kappa shape index (κ2) is 9.47. The Hall–Kier alpha value is -2.22. The normalized spacial score (nSPS) is 11.7. The second-order valence-electron chi connectivity index (χ2n) is 6.46. The number of nitrogens with one attached hydrogen (secondary N) is 1. The summed E-state index contributed by atoms with van der Waals surface area (Å²) in [4.78, 5) is 11.4. The highest BCUT2D eigenvalue weighted by molar-refractivity contribution is 7.90. The van der Waals surface area contributed by atoms with Gasteiger partial charge in [0.05, 0.1) is 5.75 Å². The molecule has 0 saturated heterocycles. The number of aromatic nitrogens is 2. The minimum atomic E-state index is -3.64. The van der Waals surface area contributed by atoms with Gasteiger partial charge < -0.3 is 9.73 Å². The van der Waals surface area contributed by atoms with Crippen molar-refractivity contribution in [1.29, 1.82) is 0 Å². The molecule has 2 rings (SSSR count). The van der Waals surface area contributed by atoms with Crippen LogP contribution in [0.4, 0.5) is 0 Å². The molecule has 0 radical (unpaired) electrons. The minimum absolute atomic E-state index is 0.00958. The van der Waals surface area contributed by atoms with Crippen molar-refractivity contribution in [2.24, 2.45) is 5.92 Å². The number of unbranched alkanes of at least 4 members (excludes halogenated alkanes) is 2. The fourth-order valence-corrected chi connectivity index (χ4v) is 3.46. The van der Waals surface area contributed by atoms with Crippen LogP contribution in [0.25, 0.3) is 0 Å². The molecular formula is C18H25N3O4S. The molecule has 1 aromatic heterocycles. The van der Waals surface area contributed by atoms with Gasteiger partial charge in [-0.25, -0.2) is 8.42 Å². The lowest BCUT2D eigenvalue weighted by Gasteiger charge is -2.06. The zero-order valence-corrected chi connectivity index (χ0v) is 16.0. The van der Waals surface area contributed by atoms with E-state index in [0.29, 0.717) is 24.4 Å². The van der Waals surface area contributed by atoms with E-state index in [1.165, 1.54) is 0 Å². The molecule has 1 N–H and O–H groups in total. The van der Waals surface area contributed by atoms with Gasteiger partial charge in [0.25, 0.3) is 0 Å². The molecule has 2 aromatic rings. The van der Waals surface area contributed by atoms with Crippen molar-refractivity contribution < 1.29 is 17.6 Å². The van der Waals surface area contributed by atoms with Crippen molar-refractivity contribution in [3.05, 3.63) is 41.8 Å². The summed E-state index contributed by atoms with van der Waals surface area (Å²) in [5, 5.41) is 10.0. The molecule has 0 atom stereocenters. The van der Waals surface area contributed by atoms with E-state index in [0.717, 1.165) is 19.3 Å². The van der Waals surface area contributed by atoms with Gasteiger partial charge in [-0.05, 0) is 18.4 Å². The SMILES string of the molecule is CC(C)C(=O)NCCCCCc1nnc(S(=O)(=O)Cc2ccccc2)o1. The van der Waals surface area contributed by atoms with Gasteiger partial charge >= 0.3 is 5.22 Å². The highest BCUT2D eigenvalue weighted by Crippen LogP contribution is 2.16. The van der Waals surface area contributed by atoms with E-state index in [2.05, 4.69) is 15.5 Å². The van der Waals surface area contributed by atoms with Gasteiger partial charge in [-0.2, -0.15) is 0 Å². The van der Waals surface area contributed by atoms with Crippen molar-refractivity contribution >= 4 is 15.7 Å². The molecule has 0 unspecified atom stereocenters. The maximum atomic E-state index is 12.3. The molecule has 0 bridgehead atoms. The van der Waals surface area contributed by atoms with E-state index in [9.17, 15) is 13.2 Å². The third kappa shape index (κ3) is 6.25. The highest BCUT2D eigenvalue weighted by atomic mass is 32.2. The number of benzene rings is 1. The predicted octanol–water partition coefficient (Wildman–Crippen LogP) is 2.53. The number of aryl methyl sites for hydroxylation is 1. The molecule has 0 fully saturated rings. The summed E-state index contributed by atoms with van der Waals surface area (Å²) in [5.74, 6) is 0.202. The van der Waals surface area contributed by atoms with Crippen molar-refractivity contribution in [1.82, 2.24) is 15.5 Å². The molecule has 7 nitrogen and oxygen atoms in total. The van der Waals surface area contributed by atoms with Gasteiger partial charge in [-0.1, -0.05) is 55.7 Å². The molecule has 1 aromatic carbocycles. The number of carbonyl (C=O) groups excluding carboxylic acids is 1. The van der Waals surface area contributed by atoms with Crippen LogP contribution in [0, 0.1) is 5.92 Å². The van der Waals surface area contributed by atoms with Crippen LogP contribution in [0.3, 0.4) is 0 Å². The van der Waals surface area contributed by atoms with Crippen LogP contribution < -0.4 is 5.32 Å². The lowest BCUT2D eigenvalue weighted by atomic mass is 10.2. The van der Waals surface area contributed by atoms with Gasteiger partial charge in [0.1, 0.15) is 0 Å². The summed E-state index contributed by atoms with van der Waals surface area (Å²) >= 11 is 0. The van der Waals surface area contributed by atoms with Crippen molar-refractivity contribution in [2.75, 3.05) is 6.54 Å². The molecule has 0 spiro atoms. The zero-order valence-electron chi connectivity index (χ0n) is 15.1. The quantitative estimate of drug-likeness (QED) is 0.637. The van der Waals surface area contributed by atoms with Crippen LogP contribution in [-0.2, 0) is 26.8 Å². The van der Waals surface area contributed by atoms with Crippen LogP contribution in [-0.4, -0.2) is 31.1 Å². The Morgan fingerprint density at radius 3 is 2.54 bits per heavy atom. The number of amides is 1. The lowest BCUT2D eigenvalue weighted by Crippen LogP contribution is -2.28. The monoisotopic (exact) mass is 379 g/mol. The number of rotatable bonds is 10. The number of carbonyl (C=O) groups is 1. The third-order valence-electron chi connectivity index (χ3n) is 3.80. The smallest absolute Gasteiger partial charge is 0.335 e. The number of nitrogens with zero attached hydrogens (tertiary/aromatic N) is 2. The summed E-state index contributed by atoms with van der Waals surface area (Å²) in [5.41, 5.74) is 0.677. The Bertz CT molecular complexity index is 801. The Kier molecular flexibility index (Phi) is 7.32. The summed E-state index contributed by atoms with van der Waals surface area (Å²) in [7, 11) is -3.64. The van der Waals surface area contributed by atoms with Crippen LogP contribution >= 0.6 is 0 Å². The maximum absolute atomic E-state index is 12.3. The average Bonchev–Trinajstić information content (AvgIpc) is 3.08. The van der Waals surface area contributed by atoms with E-state index >= 15 is 0 Å². The van der Waals surface area contributed by atoms with Crippen molar-refractivity contribution in [2.45, 2.75) is 50.5 Å². The molecular weight excluding hydrogens is 354 g/mol. The first-order valence-corrected chi connectivity index (χ1v) is 10.4. The minimum Gasteiger partial charge on any atom is -0.413 e. The molecule has 0 aliphatic rings. The largest absolute Gasteiger partial charge is 0.413 e. The van der Waals surface area contributed by atoms with Gasteiger partial charge in [0, 0.05) is 18.9 Å².